The standard InChI is InChI=1S/C22H26BrN3O4/c1-14-11-26(15(2)13-27)22(29)18-9-17(23)10-24-20(18)30-19(14)12-25(3)21(28)16-7-5-4-6-8-16/h4-10,14-15,19,27H,11-13H2,1-3H3/t14-,15-,19-/m0/s1. The molecule has 1 aliphatic rings. The van der Waals surface area contributed by atoms with Crippen molar-refractivity contribution in [3.8, 4) is 5.88 Å². The van der Waals surface area contributed by atoms with Crippen molar-refractivity contribution in [1.29, 1.82) is 0 Å². The van der Waals surface area contributed by atoms with E-state index in [-0.39, 0.29) is 42.4 Å². The number of carbonyl (C=O) groups is 2. The third-order valence-electron chi connectivity index (χ3n) is 5.31. The van der Waals surface area contributed by atoms with Gasteiger partial charge in [-0.15, -0.1) is 0 Å². The summed E-state index contributed by atoms with van der Waals surface area (Å²) in [5.41, 5.74) is 0.935. The van der Waals surface area contributed by atoms with Crippen LogP contribution in [0.2, 0.25) is 0 Å². The van der Waals surface area contributed by atoms with Gasteiger partial charge in [0.2, 0.25) is 5.88 Å². The lowest BCUT2D eigenvalue weighted by atomic mass is 10.00. The molecule has 0 saturated heterocycles. The van der Waals surface area contributed by atoms with Crippen molar-refractivity contribution in [2.24, 2.45) is 5.92 Å². The lowest BCUT2D eigenvalue weighted by molar-refractivity contribution is 0.0313. The molecular formula is C22H26BrN3O4. The minimum Gasteiger partial charge on any atom is -0.472 e. The fourth-order valence-corrected chi connectivity index (χ4v) is 3.78. The van der Waals surface area contributed by atoms with Gasteiger partial charge in [0.1, 0.15) is 11.7 Å². The molecular weight excluding hydrogens is 450 g/mol. The van der Waals surface area contributed by atoms with Crippen LogP contribution in [0, 0.1) is 5.92 Å². The average Bonchev–Trinajstić information content (AvgIpc) is 2.76. The summed E-state index contributed by atoms with van der Waals surface area (Å²) in [6, 6.07) is 10.4. The molecule has 0 unspecified atom stereocenters. The Morgan fingerprint density at radius 3 is 2.77 bits per heavy atom. The second-order valence-electron chi connectivity index (χ2n) is 7.68. The number of hydrogen-bond donors (Lipinski definition) is 1. The molecule has 0 aliphatic carbocycles. The van der Waals surface area contributed by atoms with Crippen molar-refractivity contribution in [2.45, 2.75) is 26.0 Å². The first-order valence-electron chi connectivity index (χ1n) is 9.86. The molecule has 3 rings (SSSR count). The van der Waals surface area contributed by atoms with Crippen molar-refractivity contribution in [3.05, 3.63) is 58.2 Å². The number of ether oxygens (including phenoxy) is 1. The molecule has 0 saturated carbocycles. The van der Waals surface area contributed by atoms with Gasteiger partial charge < -0.3 is 19.6 Å². The lowest BCUT2D eigenvalue weighted by Gasteiger charge is -2.37. The predicted octanol–water partition coefficient (Wildman–Crippen LogP) is 2.84. The molecule has 2 aromatic rings. The summed E-state index contributed by atoms with van der Waals surface area (Å²) in [6.45, 7) is 4.36. The zero-order valence-corrected chi connectivity index (χ0v) is 18.9. The number of aliphatic hydroxyl groups excluding tert-OH is 1. The van der Waals surface area contributed by atoms with Crippen molar-refractivity contribution >= 4 is 27.7 Å². The van der Waals surface area contributed by atoms with Crippen LogP contribution in [0.25, 0.3) is 0 Å². The van der Waals surface area contributed by atoms with Crippen LogP contribution in [0.4, 0.5) is 0 Å². The minimum atomic E-state index is -0.378. The number of pyridine rings is 1. The van der Waals surface area contributed by atoms with Crippen molar-refractivity contribution in [1.82, 2.24) is 14.8 Å². The molecule has 0 bridgehead atoms. The van der Waals surface area contributed by atoms with Gasteiger partial charge in [0.05, 0.1) is 19.2 Å². The van der Waals surface area contributed by atoms with E-state index in [1.165, 1.54) is 0 Å². The Morgan fingerprint density at radius 1 is 1.40 bits per heavy atom. The Bertz CT molecular complexity index is 909. The summed E-state index contributed by atoms with van der Waals surface area (Å²) in [6.07, 6.45) is 1.20. The van der Waals surface area contributed by atoms with Gasteiger partial charge in [-0.2, -0.15) is 0 Å². The molecule has 2 heterocycles. The Kier molecular flexibility index (Phi) is 7.10. The fraction of sp³-hybridized carbons (Fsp3) is 0.409. The number of carbonyl (C=O) groups excluding carboxylic acids is 2. The third kappa shape index (κ3) is 4.82. The number of amides is 2. The van der Waals surface area contributed by atoms with Gasteiger partial charge in [-0.05, 0) is 41.1 Å². The van der Waals surface area contributed by atoms with Crippen LogP contribution in [-0.2, 0) is 0 Å². The number of hydrogen-bond acceptors (Lipinski definition) is 5. The molecule has 160 valence electrons. The van der Waals surface area contributed by atoms with Crippen molar-refractivity contribution in [3.63, 3.8) is 0 Å². The molecule has 3 atom stereocenters. The Morgan fingerprint density at radius 2 is 2.10 bits per heavy atom. The van der Waals surface area contributed by atoms with Gasteiger partial charge in [0.25, 0.3) is 11.8 Å². The fourth-order valence-electron chi connectivity index (χ4n) is 3.45. The van der Waals surface area contributed by atoms with Gasteiger partial charge in [-0.25, -0.2) is 4.98 Å². The molecule has 1 N–H and O–H groups in total. The largest absolute Gasteiger partial charge is 0.472 e. The molecule has 7 nitrogen and oxygen atoms in total. The zero-order chi connectivity index (χ0) is 21.8. The predicted molar refractivity (Wildman–Crippen MR) is 117 cm³/mol. The first-order chi connectivity index (χ1) is 14.3. The third-order valence-corrected chi connectivity index (χ3v) is 5.74. The smallest absolute Gasteiger partial charge is 0.259 e. The summed E-state index contributed by atoms with van der Waals surface area (Å²) < 4.78 is 6.82. The van der Waals surface area contributed by atoms with E-state index in [1.54, 1.807) is 48.2 Å². The molecule has 8 heteroatoms. The highest BCUT2D eigenvalue weighted by molar-refractivity contribution is 9.10. The van der Waals surface area contributed by atoms with Crippen LogP contribution in [0.1, 0.15) is 34.6 Å². The molecule has 2 amide bonds. The second-order valence-corrected chi connectivity index (χ2v) is 8.60. The number of likely N-dealkylation sites (N-methyl/N-ethyl adjacent to an activating group) is 1. The Hall–Kier alpha value is -2.45. The SMILES string of the molecule is C[C@H]1CN([C@@H](C)CO)C(=O)c2cc(Br)cnc2O[C@H]1CN(C)C(=O)c1ccccc1. The number of aliphatic hydroxyl groups is 1. The van der Waals surface area contributed by atoms with Crippen LogP contribution in [-0.4, -0.2) is 70.6 Å². The summed E-state index contributed by atoms with van der Waals surface area (Å²) in [5, 5.41) is 9.66. The molecule has 1 aromatic heterocycles. The van der Waals surface area contributed by atoms with Crippen LogP contribution >= 0.6 is 15.9 Å². The van der Waals surface area contributed by atoms with Crippen LogP contribution in [0.5, 0.6) is 5.88 Å². The van der Waals surface area contributed by atoms with Crippen molar-refractivity contribution < 1.29 is 19.4 Å². The van der Waals surface area contributed by atoms with Gasteiger partial charge >= 0.3 is 0 Å². The van der Waals surface area contributed by atoms with E-state index in [0.29, 0.717) is 28.7 Å². The molecule has 0 spiro atoms. The van der Waals surface area contributed by atoms with E-state index < -0.39 is 0 Å². The van der Waals surface area contributed by atoms with E-state index in [9.17, 15) is 14.7 Å². The Labute approximate surface area is 184 Å². The maximum Gasteiger partial charge on any atom is 0.259 e. The quantitative estimate of drug-likeness (QED) is 0.718. The van der Waals surface area contributed by atoms with Gasteiger partial charge in [-0.1, -0.05) is 25.1 Å². The number of fused-ring (bicyclic) bond motifs is 1. The number of halogens is 1. The zero-order valence-electron chi connectivity index (χ0n) is 17.3. The first-order valence-corrected chi connectivity index (χ1v) is 10.7. The van der Waals surface area contributed by atoms with Gasteiger partial charge in [-0.3, -0.25) is 9.59 Å². The normalized spacial score (nSPS) is 19.9. The van der Waals surface area contributed by atoms with E-state index in [2.05, 4.69) is 20.9 Å². The highest BCUT2D eigenvalue weighted by Gasteiger charge is 2.34. The summed E-state index contributed by atoms with van der Waals surface area (Å²) in [4.78, 5) is 33.5. The summed E-state index contributed by atoms with van der Waals surface area (Å²) in [5.74, 6) is -0.198. The molecule has 0 fully saturated rings. The monoisotopic (exact) mass is 475 g/mol. The maximum absolute atomic E-state index is 13.1. The number of rotatable bonds is 5. The lowest BCUT2D eigenvalue weighted by Crippen LogP contribution is -2.50. The van der Waals surface area contributed by atoms with Crippen molar-refractivity contribution in [2.75, 3.05) is 26.7 Å². The van der Waals surface area contributed by atoms with Crippen LogP contribution in [0.15, 0.2) is 47.1 Å². The highest BCUT2D eigenvalue weighted by Crippen LogP contribution is 2.28. The van der Waals surface area contributed by atoms with Crippen LogP contribution in [0.3, 0.4) is 0 Å². The number of aromatic nitrogens is 1. The highest BCUT2D eigenvalue weighted by atomic mass is 79.9. The topological polar surface area (TPSA) is 83.0 Å². The van der Waals surface area contributed by atoms with E-state index in [0.717, 1.165) is 0 Å². The van der Waals surface area contributed by atoms with E-state index in [4.69, 9.17) is 4.74 Å². The maximum atomic E-state index is 13.1. The average molecular weight is 476 g/mol. The Balaban J connectivity index is 1.90. The molecule has 0 radical (unpaired) electrons. The number of nitrogens with zero attached hydrogens (tertiary/aromatic N) is 3. The van der Waals surface area contributed by atoms with Crippen LogP contribution < -0.4 is 4.74 Å². The molecule has 30 heavy (non-hydrogen) atoms. The molecule has 1 aliphatic heterocycles. The van der Waals surface area contributed by atoms with Gasteiger partial charge in [0.15, 0.2) is 0 Å². The van der Waals surface area contributed by atoms with Gasteiger partial charge in [0, 0.05) is 35.7 Å². The molecule has 1 aromatic carbocycles. The summed E-state index contributed by atoms with van der Waals surface area (Å²) in [7, 11) is 1.74. The summed E-state index contributed by atoms with van der Waals surface area (Å²) >= 11 is 3.36. The first kappa shape index (κ1) is 22.2. The van der Waals surface area contributed by atoms with E-state index in [1.807, 2.05) is 25.1 Å². The van der Waals surface area contributed by atoms with E-state index >= 15 is 0 Å². The second kappa shape index (κ2) is 9.57. The number of benzene rings is 1. The minimum absolute atomic E-state index is 0.0902.